The first kappa shape index (κ1) is 28.8. The number of halogens is 4. The van der Waals surface area contributed by atoms with Crippen molar-refractivity contribution in [2.75, 3.05) is 6.54 Å². The fraction of sp³-hybridized carbons (Fsp3) is 0.304. The SMILES string of the molecule is CC1ONCC1OC(Sc1cncc(Br)c1)[C@@H](OCc1nccs1)N(N)/C=C(\N)c1cc(F)c(F)c(F)c1. The molecule has 1 aromatic carbocycles. The Labute approximate surface area is 233 Å². The lowest BCUT2D eigenvalue weighted by Crippen LogP contribution is -2.48. The van der Waals surface area contributed by atoms with E-state index in [0.717, 1.165) is 26.5 Å². The number of pyridine rings is 1. The summed E-state index contributed by atoms with van der Waals surface area (Å²) in [7, 11) is 0. The quantitative estimate of drug-likeness (QED) is 0.0936. The molecule has 9 nitrogen and oxygen atoms in total. The van der Waals surface area contributed by atoms with Crippen LogP contribution < -0.4 is 17.1 Å². The van der Waals surface area contributed by atoms with Crippen LogP contribution in [0.15, 0.2) is 57.7 Å². The minimum Gasteiger partial charge on any atom is -0.397 e. The van der Waals surface area contributed by atoms with Crippen LogP contribution in [-0.2, 0) is 20.9 Å². The Balaban J connectivity index is 1.66. The molecule has 15 heteroatoms. The van der Waals surface area contributed by atoms with Crippen molar-refractivity contribution in [2.24, 2.45) is 11.6 Å². The molecule has 4 atom stereocenters. The molecular formula is C23H24BrF3N6O3S2. The van der Waals surface area contributed by atoms with Crippen molar-refractivity contribution in [1.29, 1.82) is 0 Å². The van der Waals surface area contributed by atoms with Crippen LogP contribution in [0.2, 0.25) is 0 Å². The molecule has 3 aromatic rings. The van der Waals surface area contributed by atoms with Gasteiger partial charge in [0.2, 0.25) is 0 Å². The molecular weight excluding hydrogens is 609 g/mol. The highest BCUT2D eigenvalue weighted by molar-refractivity contribution is 9.10. The van der Waals surface area contributed by atoms with Crippen molar-refractivity contribution in [3.8, 4) is 0 Å². The highest BCUT2D eigenvalue weighted by Gasteiger charge is 2.35. The molecule has 204 valence electrons. The third-order valence-electron chi connectivity index (χ3n) is 5.31. The lowest BCUT2D eigenvalue weighted by Gasteiger charge is -2.34. The number of ether oxygens (including phenoxy) is 2. The Morgan fingerprint density at radius 3 is 2.74 bits per heavy atom. The summed E-state index contributed by atoms with van der Waals surface area (Å²) in [6.07, 6.45) is 4.58. The fourth-order valence-electron chi connectivity index (χ4n) is 3.40. The van der Waals surface area contributed by atoms with E-state index >= 15 is 0 Å². The molecule has 0 radical (unpaired) electrons. The van der Waals surface area contributed by atoms with Crippen LogP contribution in [0, 0.1) is 17.5 Å². The molecule has 38 heavy (non-hydrogen) atoms. The van der Waals surface area contributed by atoms with E-state index in [1.54, 1.807) is 18.6 Å². The van der Waals surface area contributed by atoms with E-state index in [-0.39, 0.29) is 30.1 Å². The van der Waals surface area contributed by atoms with Crippen molar-refractivity contribution in [2.45, 2.75) is 42.3 Å². The zero-order chi connectivity index (χ0) is 27.2. The van der Waals surface area contributed by atoms with Gasteiger partial charge < -0.3 is 15.2 Å². The van der Waals surface area contributed by atoms with Gasteiger partial charge in [-0.3, -0.25) is 14.8 Å². The van der Waals surface area contributed by atoms with Gasteiger partial charge in [0.1, 0.15) is 23.8 Å². The van der Waals surface area contributed by atoms with E-state index in [1.165, 1.54) is 29.3 Å². The maximum Gasteiger partial charge on any atom is 0.194 e. The van der Waals surface area contributed by atoms with Crippen LogP contribution in [0.5, 0.6) is 0 Å². The van der Waals surface area contributed by atoms with Crippen LogP contribution in [0.1, 0.15) is 17.5 Å². The van der Waals surface area contributed by atoms with Gasteiger partial charge in [0.25, 0.3) is 0 Å². The molecule has 0 saturated carbocycles. The summed E-state index contributed by atoms with van der Waals surface area (Å²) in [6, 6.07) is 3.42. The summed E-state index contributed by atoms with van der Waals surface area (Å²) in [5.74, 6) is 2.06. The van der Waals surface area contributed by atoms with Gasteiger partial charge in [0, 0.05) is 45.1 Å². The zero-order valence-corrected chi connectivity index (χ0v) is 23.1. The van der Waals surface area contributed by atoms with Crippen LogP contribution in [0.25, 0.3) is 5.70 Å². The zero-order valence-electron chi connectivity index (χ0n) is 19.9. The predicted molar refractivity (Wildman–Crippen MR) is 140 cm³/mol. The second-order valence-corrected chi connectivity index (χ2v) is 11.2. The number of hydrogen-bond donors (Lipinski definition) is 3. The molecule has 2 aromatic heterocycles. The van der Waals surface area contributed by atoms with Gasteiger partial charge in [0.15, 0.2) is 29.1 Å². The van der Waals surface area contributed by atoms with E-state index in [2.05, 4.69) is 31.4 Å². The molecule has 5 N–H and O–H groups in total. The summed E-state index contributed by atoms with van der Waals surface area (Å²) in [5.41, 5.74) is 7.92. The second kappa shape index (κ2) is 13.2. The molecule has 0 spiro atoms. The van der Waals surface area contributed by atoms with Crippen LogP contribution in [0.3, 0.4) is 0 Å². The van der Waals surface area contributed by atoms with E-state index < -0.39 is 29.1 Å². The maximum atomic E-state index is 13.8. The first-order valence-electron chi connectivity index (χ1n) is 11.2. The third-order valence-corrected chi connectivity index (χ3v) is 7.57. The number of rotatable bonds is 11. The average Bonchev–Trinajstić information content (AvgIpc) is 3.54. The van der Waals surface area contributed by atoms with Crippen molar-refractivity contribution < 1.29 is 27.5 Å². The standard InChI is InChI=1S/C23H24BrF3N6O3S2/c1-12-19(9-32-36-12)35-23(38-15-6-14(24)7-30-8-15)22(34-11-20-31-2-3-37-20)33(29)10-18(28)13-4-16(25)21(27)17(26)5-13/h2-8,10,12,19,22-23,32H,9,11,28-29H2,1H3/b18-10-/t12?,19?,22-,23?/m1/s1. The molecule has 3 unspecified atom stereocenters. The molecule has 0 bridgehead atoms. The van der Waals surface area contributed by atoms with E-state index in [0.29, 0.717) is 11.6 Å². The highest BCUT2D eigenvalue weighted by atomic mass is 79.9. The van der Waals surface area contributed by atoms with Crippen LogP contribution >= 0.6 is 39.0 Å². The number of hydroxylamine groups is 1. The fourth-order valence-corrected chi connectivity index (χ4v) is 5.57. The van der Waals surface area contributed by atoms with Gasteiger partial charge in [-0.2, -0.15) is 5.48 Å². The van der Waals surface area contributed by atoms with Gasteiger partial charge in [-0.1, -0.05) is 11.8 Å². The van der Waals surface area contributed by atoms with Crippen molar-refractivity contribution in [1.82, 2.24) is 20.5 Å². The number of thiazole rings is 1. The van der Waals surface area contributed by atoms with Crippen LogP contribution in [0.4, 0.5) is 13.2 Å². The summed E-state index contributed by atoms with van der Waals surface area (Å²) in [4.78, 5) is 14.6. The number of benzene rings is 1. The molecule has 4 rings (SSSR count). The number of nitrogens with zero attached hydrogens (tertiary/aromatic N) is 3. The summed E-state index contributed by atoms with van der Waals surface area (Å²) < 4.78 is 54.4. The molecule has 1 fully saturated rings. The van der Waals surface area contributed by atoms with Gasteiger partial charge >= 0.3 is 0 Å². The van der Waals surface area contributed by atoms with Gasteiger partial charge in [0.05, 0.1) is 12.2 Å². The molecule has 0 aliphatic carbocycles. The molecule has 3 heterocycles. The Bertz CT molecular complexity index is 1240. The normalized spacial score (nSPS) is 19.5. The Morgan fingerprint density at radius 2 is 2.11 bits per heavy atom. The topological polar surface area (TPSA) is 121 Å². The minimum atomic E-state index is -1.59. The van der Waals surface area contributed by atoms with E-state index in [9.17, 15) is 13.2 Å². The van der Waals surface area contributed by atoms with Crippen molar-refractivity contribution >= 4 is 44.7 Å². The van der Waals surface area contributed by atoms with Gasteiger partial charge in [-0.15, -0.1) is 11.3 Å². The minimum absolute atomic E-state index is 0.0930. The molecule has 0 amide bonds. The highest BCUT2D eigenvalue weighted by Crippen LogP contribution is 2.32. The number of hydrogen-bond acceptors (Lipinski definition) is 11. The largest absolute Gasteiger partial charge is 0.397 e. The summed E-state index contributed by atoms with van der Waals surface area (Å²) >= 11 is 6.10. The Kier molecular flexibility index (Phi) is 10.00. The lowest BCUT2D eigenvalue weighted by molar-refractivity contribution is -0.129. The number of nitrogens with one attached hydrogen (secondary N) is 1. The Hall–Kier alpha value is -2.24. The van der Waals surface area contributed by atoms with Crippen LogP contribution in [-0.4, -0.2) is 45.4 Å². The summed E-state index contributed by atoms with van der Waals surface area (Å²) in [5, 5.41) is 3.64. The number of nitrogens with two attached hydrogens (primary N) is 2. The molecule has 1 aliphatic rings. The average molecular weight is 634 g/mol. The van der Waals surface area contributed by atoms with Crippen molar-refractivity contribution in [3.63, 3.8) is 0 Å². The summed E-state index contributed by atoms with van der Waals surface area (Å²) in [6.45, 7) is 2.37. The first-order chi connectivity index (χ1) is 18.2. The first-order valence-corrected chi connectivity index (χ1v) is 13.7. The predicted octanol–water partition coefficient (Wildman–Crippen LogP) is 4.12. The molecule has 1 aliphatic heterocycles. The van der Waals surface area contributed by atoms with E-state index in [4.69, 9.17) is 25.9 Å². The smallest absolute Gasteiger partial charge is 0.194 e. The van der Waals surface area contributed by atoms with E-state index in [1.807, 2.05) is 18.4 Å². The van der Waals surface area contributed by atoms with Crippen molar-refractivity contribution in [3.05, 3.63) is 80.9 Å². The molecule has 1 saturated heterocycles. The maximum absolute atomic E-state index is 13.8. The number of thioether (sulfide) groups is 1. The number of hydrazine groups is 1. The Morgan fingerprint density at radius 1 is 1.34 bits per heavy atom. The third kappa shape index (κ3) is 7.45. The van der Waals surface area contributed by atoms with Gasteiger partial charge in [-0.05, 0) is 41.1 Å². The number of aromatic nitrogens is 2. The lowest BCUT2D eigenvalue weighted by atomic mass is 10.1. The second-order valence-electron chi connectivity index (χ2n) is 8.08. The monoisotopic (exact) mass is 632 g/mol. The van der Waals surface area contributed by atoms with Gasteiger partial charge in [-0.25, -0.2) is 24.0 Å².